The van der Waals surface area contributed by atoms with Gasteiger partial charge in [-0.1, -0.05) is 13.8 Å². The standard InChI is InChI=1S/C12H18N4O2/c1-12(2)6-5-8(7-12)14-11-9(16(17)18)3-4-10(13)15-11/h3-4,8H,5-7H2,1-2H3,(H3,13,14,15). The number of nitrogen functional groups attached to an aromatic ring is 1. The van der Waals surface area contributed by atoms with E-state index in [4.69, 9.17) is 5.73 Å². The lowest BCUT2D eigenvalue weighted by Crippen LogP contribution is -2.19. The van der Waals surface area contributed by atoms with Gasteiger partial charge >= 0.3 is 5.69 Å². The third-order valence-electron chi connectivity index (χ3n) is 3.40. The Morgan fingerprint density at radius 1 is 1.56 bits per heavy atom. The monoisotopic (exact) mass is 250 g/mol. The first-order valence-corrected chi connectivity index (χ1v) is 6.05. The van der Waals surface area contributed by atoms with Crippen molar-refractivity contribution in [3.8, 4) is 0 Å². The summed E-state index contributed by atoms with van der Waals surface area (Å²) in [5.41, 5.74) is 5.85. The number of nitrogens with one attached hydrogen (secondary N) is 1. The lowest BCUT2D eigenvalue weighted by Gasteiger charge is -2.18. The van der Waals surface area contributed by atoms with E-state index in [0.717, 1.165) is 19.3 Å². The van der Waals surface area contributed by atoms with Crippen molar-refractivity contribution < 1.29 is 4.92 Å². The minimum atomic E-state index is -0.436. The van der Waals surface area contributed by atoms with Gasteiger partial charge in [-0.3, -0.25) is 10.1 Å². The van der Waals surface area contributed by atoms with Crippen molar-refractivity contribution in [2.24, 2.45) is 5.41 Å². The summed E-state index contributed by atoms with van der Waals surface area (Å²) < 4.78 is 0. The molecule has 1 aliphatic rings. The van der Waals surface area contributed by atoms with Gasteiger partial charge in [0.1, 0.15) is 5.82 Å². The largest absolute Gasteiger partial charge is 0.384 e. The Morgan fingerprint density at radius 3 is 2.83 bits per heavy atom. The van der Waals surface area contributed by atoms with E-state index in [2.05, 4.69) is 24.1 Å². The number of pyridine rings is 1. The highest BCUT2D eigenvalue weighted by molar-refractivity contribution is 5.59. The maximum absolute atomic E-state index is 10.9. The van der Waals surface area contributed by atoms with Crippen LogP contribution in [0.25, 0.3) is 0 Å². The Bertz CT molecular complexity index is 473. The van der Waals surface area contributed by atoms with E-state index in [9.17, 15) is 10.1 Å². The quantitative estimate of drug-likeness (QED) is 0.635. The van der Waals surface area contributed by atoms with Crippen LogP contribution in [0.5, 0.6) is 0 Å². The number of hydrogen-bond acceptors (Lipinski definition) is 5. The Kier molecular flexibility index (Phi) is 3.11. The predicted molar refractivity (Wildman–Crippen MR) is 70.3 cm³/mol. The molecule has 0 radical (unpaired) electrons. The van der Waals surface area contributed by atoms with Crippen LogP contribution in [-0.4, -0.2) is 15.9 Å². The molecule has 1 fully saturated rings. The van der Waals surface area contributed by atoms with Crippen molar-refractivity contribution in [2.75, 3.05) is 11.1 Å². The Morgan fingerprint density at radius 2 is 2.28 bits per heavy atom. The summed E-state index contributed by atoms with van der Waals surface area (Å²) in [6.45, 7) is 4.41. The molecular formula is C12H18N4O2. The molecule has 3 N–H and O–H groups in total. The molecule has 1 unspecified atom stereocenters. The van der Waals surface area contributed by atoms with Crippen LogP contribution in [0.1, 0.15) is 33.1 Å². The summed E-state index contributed by atoms with van der Waals surface area (Å²) in [6.07, 6.45) is 3.10. The molecular weight excluding hydrogens is 232 g/mol. The van der Waals surface area contributed by atoms with E-state index in [1.165, 1.54) is 12.1 Å². The summed E-state index contributed by atoms with van der Waals surface area (Å²) in [4.78, 5) is 14.5. The van der Waals surface area contributed by atoms with Gasteiger partial charge in [-0.2, -0.15) is 0 Å². The topological polar surface area (TPSA) is 94.1 Å². The summed E-state index contributed by atoms with van der Waals surface area (Å²) in [5, 5.41) is 14.1. The first kappa shape index (κ1) is 12.6. The van der Waals surface area contributed by atoms with Gasteiger partial charge in [0.05, 0.1) is 4.92 Å². The molecule has 0 spiro atoms. The lowest BCUT2D eigenvalue weighted by atomic mass is 9.92. The maximum atomic E-state index is 10.9. The number of nitro groups is 1. The molecule has 6 nitrogen and oxygen atoms in total. The molecule has 6 heteroatoms. The van der Waals surface area contributed by atoms with Gasteiger partial charge in [0.15, 0.2) is 0 Å². The number of nitrogens with two attached hydrogens (primary N) is 1. The number of nitrogens with zero attached hydrogens (tertiary/aromatic N) is 2. The van der Waals surface area contributed by atoms with Crippen LogP contribution in [-0.2, 0) is 0 Å². The molecule has 1 atom stereocenters. The van der Waals surface area contributed by atoms with E-state index < -0.39 is 4.92 Å². The van der Waals surface area contributed by atoms with Crippen molar-refractivity contribution in [2.45, 2.75) is 39.2 Å². The van der Waals surface area contributed by atoms with Gasteiger partial charge in [-0.25, -0.2) is 4.98 Å². The summed E-state index contributed by atoms with van der Waals surface area (Å²) in [5.74, 6) is 0.572. The van der Waals surface area contributed by atoms with Crippen LogP contribution in [0, 0.1) is 15.5 Å². The average Bonchev–Trinajstić information content (AvgIpc) is 2.57. The summed E-state index contributed by atoms with van der Waals surface area (Å²) in [6, 6.07) is 3.07. The van der Waals surface area contributed by atoms with E-state index in [1.54, 1.807) is 0 Å². The molecule has 1 aromatic heterocycles. The Labute approximate surface area is 106 Å². The van der Waals surface area contributed by atoms with Crippen LogP contribution in [0.3, 0.4) is 0 Å². The second-order valence-electron chi connectivity index (χ2n) is 5.61. The molecule has 1 heterocycles. The van der Waals surface area contributed by atoms with Gasteiger partial charge in [0.2, 0.25) is 5.82 Å². The zero-order valence-electron chi connectivity index (χ0n) is 10.6. The molecule has 0 saturated heterocycles. The average molecular weight is 250 g/mol. The summed E-state index contributed by atoms with van der Waals surface area (Å²) >= 11 is 0. The molecule has 0 aliphatic heterocycles. The molecule has 0 aromatic carbocycles. The molecule has 1 saturated carbocycles. The highest BCUT2D eigenvalue weighted by atomic mass is 16.6. The van der Waals surface area contributed by atoms with Gasteiger partial charge in [-0.05, 0) is 30.7 Å². The van der Waals surface area contributed by atoms with Crippen LogP contribution < -0.4 is 11.1 Å². The maximum Gasteiger partial charge on any atom is 0.311 e. The van der Waals surface area contributed by atoms with Crippen molar-refractivity contribution >= 4 is 17.3 Å². The fourth-order valence-electron chi connectivity index (χ4n) is 2.47. The van der Waals surface area contributed by atoms with Crippen LogP contribution >= 0.6 is 0 Å². The molecule has 0 amide bonds. The molecule has 0 bridgehead atoms. The number of rotatable bonds is 3. The molecule has 1 aromatic rings. The van der Waals surface area contributed by atoms with Crippen molar-refractivity contribution in [1.29, 1.82) is 0 Å². The fourth-order valence-corrected chi connectivity index (χ4v) is 2.47. The normalized spacial score (nSPS) is 21.8. The van der Waals surface area contributed by atoms with Crippen LogP contribution in [0.2, 0.25) is 0 Å². The smallest absolute Gasteiger partial charge is 0.311 e. The summed E-state index contributed by atoms with van der Waals surface area (Å²) in [7, 11) is 0. The highest BCUT2D eigenvalue weighted by Gasteiger charge is 2.32. The third kappa shape index (κ3) is 2.69. The first-order valence-electron chi connectivity index (χ1n) is 6.05. The Balaban J connectivity index is 2.18. The number of aromatic nitrogens is 1. The highest BCUT2D eigenvalue weighted by Crippen LogP contribution is 2.39. The second-order valence-corrected chi connectivity index (χ2v) is 5.61. The number of anilines is 2. The number of hydrogen-bond donors (Lipinski definition) is 2. The zero-order valence-corrected chi connectivity index (χ0v) is 10.6. The van der Waals surface area contributed by atoms with Gasteiger partial charge in [-0.15, -0.1) is 0 Å². The zero-order chi connectivity index (χ0) is 13.3. The SMILES string of the molecule is CC1(C)CCC(Nc2nc(N)ccc2[N+](=O)[O-])C1. The molecule has 1 aliphatic carbocycles. The first-order chi connectivity index (χ1) is 8.37. The van der Waals surface area contributed by atoms with Gasteiger partial charge in [0.25, 0.3) is 0 Å². The second kappa shape index (κ2) is 4.44. The van der Waals surface area contributed by atoms with Crippen LogP contribution in [0.15, 0.2) is 12.1 Å². The van der Waals surface area contributed by atoms with Crippen molar-refractivity contribution in [1.82, 2.24) is 4.98 Å². The fraction of sp³-hybridized carbons (Fsp3) is 0.583. The van der Waals surface area contributed by atoms with E-state index in [-0.39, 0.29) is 23.0 Å². The Hall–Kier alpha value is -1.85. The minimum absolute atomic E-state index is 0.0195. The molecule has 98 valence electrons. The molecule has 18 heavy (non-hydrogen) atoms. The van der Waals surface area contributed by atoms with E-state index >= 15 is 0 Å². The predicted octanol–water partition coefficient (Wildman–Crippen LogP) is 2.56. The lowest BCUT2D eigenvalue weighted by molar-refractivity contribution is -0.384. The van der Waals surface area contributed by atoms with E-state index in [1.807, 2.05) is 0 Å². The van der Waals surface area contributed by atoms with Gasteiger partial charge in [0, 0.05) is 12.1 Å². The van der Waals surface area contributed by atoms with Crippen molar-refractivity contribution in [3.63, 3.8) is 0 Å². The van der Waals surface area contributed by atoms with Crippen molar-refractivity contribution in [3.05, 3.63) is 22.2 Å². The van der Waals surface area contributed by atoms with Crippen LogP contribution in [0.4, 0.5) is 17.3 Å². The molecule has 2 rings (SSSR count). The third-order valence-corrected chi connectivity index (χ3v) is 3.40. The van der Waals surface area contributed by atoms with E-state index in [0.29, 0.717) is 5.82 Å². The minimum Gasteiger partial charge on any atom is -0.384 e. The van der Waals surface area contributed by atoms with Gasteiger partial charge < -0.3 is 11.1 Å².